The van der Waals surface area contributed by atoms with Crippen LogP contribution in [-0.2, 0) is 6.42 Å². The normalized spacial score (nSPS) is 10.8. The third-order valence-electron chi connectivity index (χ3n) is 3.73. The number of imidazole rings is 1. The lowest BCUT2D eigenvalue weighted by molar-refractivity contribution is 0.585. The van der Waals surface area contributed by atoms with Gasteiger partial charge < -0.3 is 4.98 Å². The van der Waals surface area contributed by atoms with Crippen molar-refractivity contribution in [3.05, 3.63) is 42.4 Å². The summed E-state index contributed by atoms with van der Waals surface area (Å²) < 4.78 is 0. The summed E-state index contributed by atoms with van der Waals surface area (Å²) in [7, 11) is 0. The molecule has 0 atom stereocenters. The van der Waals surface area contributed by atoms with E-state index in [-0.39, 0.29) is 0 Å². The molecule has 2 heteroatoms. The zero-order chi connectivity index (χ0) is 14.0. The van der Waals surface area contributed by atoms with Crippen molar-refractivity contribution in [1.82, 2.24) is 9.97 Å². The minimum Gasteiger partial charge on any atom is -0.342 e. The van der Waals surface area contributed by atoms with Crippen molar-refractivity contribution < 1.29 is 0 Å². The number of rotatable bonds is 9. The molecule has 0 aliphatic carbocycles. The van der Waals surface area contributed by atoms with Gasteiger partial charge in [0.05, 0.1) is 11.9 Å². The number of benzene rings is 1. The van der Waals surface area contributed by atoms with Crippen molar-refractivity contribution in [2.24, 2.45) is 0 Å². The fourth-order valence-corrected chi connectivity index (χ4v) is 2.50. The second-order valence-electron chi connectivity index (χ2n) is 5.48. The topological polar surface area (TPSA) is 28.7 Å². The van der Waals surface area contributed by atoms with Crippen LogP contribution in [0, 0.1) is 0 Å². The van der Waals surface area contributed by atoms with Crippen molar-refractivity contribution in [2.75, 3.05) is 0 Å². The molecule has 0 bridgehead atoms. The van der Waals surface area contributed by atoms with Gasteiger partial charge in [-0.25, -0.2) is 4.98 Å². The molecule has 2 nitrogen and oxygen atoms in total. The number of hydrogen-bond donors (Lipinski definition) is 1. The molecule has 1 N–H and O–H groups in total. The lowest BCUT2D eigenvalue weighted by Gasteiger charge is -2.00. The summed E-state index contributed by atoms with van der Waals surface area (Å²) >= 11 is 0. The molecule has 0 amide bonds. The number of nitrogens with zero attached hydrogens (tertiary/aromatic N) is 1. The first-order valence-corrected chi connectivity index (χ1v) is 7.99. The summed E-state index contributed by atoms with van der Waals surface area (Å²) in [6, 6.07) is 10.4. The highest BCUT2D eigenvalue weighted by Crippen LogP contribution is 2.17. The average Bonchev–Trinajstić information content (AvgIpc) is 2.96. The van der Waals surface area contributed by atoms with Crippen LogP contribution in [0.2, 0.25) is 0 Å². The zero-order valence-corrected chi connectivity index (χ0v) is 12.6. The Bertz CT molecular complexity index is 473. The van der Waals surface area contributed by atoms with Gasteiger partial charge >= 0.3 is 0 Å². The molecule has 2 rings (SSSR count). The molecule has 0 unspecified atom stereocenters. The predicted molar refractivity (Wildman–Crippen MR) is 85.7 cm³/mol. The van der Waals surface area contributed by atoms with Crippen molar-refractivity contribution in [3.8, 4) is 11.3 Å². The van der Waals surface area contributed by atoms with Crippen LogP contribution in [0.4, 0.5) is 0 Å². The first-order chi connectivity index (χ1) is 9.90. The van der Waals surface area contributed by atoms with E-state index in [1.54, 1.807) is 0 Å². The summed E-state index contributed by atoms with van der Waals surface area (Å²) in [5.74, 6) is 1.12. The Morgan fingerprint density at radius 3 is 2.35 bits per heavy atom. The molecular weight excluding hydrogens is 244 g/mol. The Kier molecular flexibility index (Phi) is 6.36. The maximum Gasteiger partial charge on any atom is 0.106 e. The highest BCUT2D eigenvalue weighted by Gasteiger charge is 2.02. The summed E-state index contributed by atoms with van der Waals surface area (Å²) in [6.07, 6.45) is 12.5. The van der Waals surface area contributed by atoms with E-state index >= 15 is 0 Å². The highest BCUT2D eigenvalue weighted by atomic mass is 14.9. The van der Waals surface area contributed by atoms with Gasteiger partial charge in [0.15, 0.2) is 0 Å². The summed E-state index contributed by atoms with van der Waals surface area (Å²) in [6.45, 7) is 2.27. The molecule has 0 saturated heterocycles. The van der Waals surface area contributed by atoms with Crippen LogP contribution in [0.25, 0.3) is 11.3 Å². The largest absolute Gasteiger partial charge is 0.342 e. The molecule has 1 heterocycles. The van der Waals surface area contributed by atoms with Crippen LogP contribution in [0.15, 0.2) is 36.5 Å². The van der Waals surface area contributed by atoms with E-state index in [9.17, 15) is 0 Å². The molecule has 2 aromatic rings. The van der Waals surface area contributed by atoms with Gasteiger partial charge in [0.1, 0.15) is 5.82 Å². The number of H-pyrrole nitrogens is 1. The van der Waals surface area contributed by atoms with Gasteiger partial charge in [0, 0.05) is 6.42 Å². The SMILES string of the molecule is CCCCCCCCCc1ncc(-c2ccccc2)[nH]1. The van der Waals surface area contributed by atoms with Gasteiger partial charge in [0.25, 0.3) is 0 Å². The standard InChI is InChI=1S/C18H26N2/c1-2-3-4-5-6-7-11-14-18-19-15-17(20-18)16-12-9-8-10-13-16/h8-10,12-13,15H,2-7,11,14H2,1H3,(H,19,20). The number of unbranched alkanes of at least 4 members (excludes halogenated alkanes) is 6. The first kappa shape index (κ1) is 14.8. The van der Waals surface area contributed by atoms with E-state index in [1.807, 2.05) is 12.3 Å². The van der Waals surface area contributed by atoms with Gasteiger partial charge in [-0.15, -0.1) is 0 Å². The molecule has 20 heavy (non-hydrogen) atoms. The van der Waals surface area contributed by atoms with Crippen molar-refractivity contribution in [2.45, 2.75) is 58.3 Å². The summed E-state index contributed by atoms with van der Waals surface area (Å²) in [4.78, 5) is 7.91. The second kappa shape index (κ2) is 8.57. The summed E-state index contributed by atoms with van der Waals surface area (Å²) in [5.41, 5.74) is 2.34. The zero-order valence-electron chi connectivity index (χ0n) is 12.6. The highest BCUT2D eigenvalue weighted by molar-refractivity contribution is 5.57. The predicted octanol–water partition coefficient (Wildman–Crippen LogP) is 5.37. The molecule has 1 aromatic heterocycles. The molecule has 0 fully saturated rings. The quantitative estimate of drug-likeness (QED) is 0.610. The smallest absolute Gasteiger partial charge is 0.106 e. The minimum absolute atomic E-state index is 1.07. The Labute approximate surface area is 122 Å². The minimum atomic E-state index is 1.07. The molecule has 0 saturated carbocycles. The third kappa shape index (κ3) is 4.84. The van der Waals surface area contributed by atoms with Crippen LogP contribution in [-0.4, -0.2) is 9.97 Å². The maximum atomic E-state index is 4.48. The molecule has 1 aromatic carbocycles. The number of aromatic amines is 1. The summed E-state index contributed by atoms with van der Waals surface area (Å²) in [5, 5.41) is 0. The van der Waals surface area contributed by atoms with Crippen LogP contribution in [0.3, 0.4) is 0 Å². The number of aromatic nitrogens is 2. The Hall–Kier alpha value is -1.57. The van der Waals surface area contributed by atoms with E-state index in [0.717, 1.165) is 17.9 Å². The van der Waals surface area contributed by atoms with Crippen molar-refractivity contribution in [1.29, 1.82) is 0 Å². The molecule has 0 aliphatic heterocycles. The fourth-order valence-electron chi connectivity index (χ4n) is 2.50. The number of hydrogen-bond acceptors (Lipinski definition) is 1. The third-order valence-corrected chi connectivity index (χ3v) is 3.73. The van der Waals surface area contributed by atoms with Gasteiger partial charge in [0.2, 0.25) is 0 Å². The Morgan fingerprint density at radius 2 is 1.60 bits per heavy atom. The fraction of sp³-hybridized carbons (Fsp3) is 0.500. The van der Waals surface area contributed by atoms with Crippen LogP contribution in [0.5, 0.6) is 0 Å². The van der Waals surface area contributed by atoms with Crippen LogP contribution >= 0.6 is 0 Å². The van der Waals surface area contributed by atoms with Crippen molar-refractivity contribution in [3.63, 3.8) is 0 Å². The number of aryl methyl sites for hydroxylation is 1. The van der Waals surface area contributed by atoms with Gasteiger partial charge in [-0.05, 0) is 12.0 Å². The van der Waals surface area contributed by atoms with Crippen LogP contribution < -0.4 is 0 Å². The van der Waals surface area contributed by atoms with E-state index in [0.29, 0.717) is 0 Å². The Morgan fingerprint density at radius 1 is 0.900 bits per heavy atom. The molecule has 0 aliphatic rings. The molecule has 0 spiro atoms. The van der Waals surface area contributed by atoms with E-state index in [4.69, 9.17) is 0 Å². The lowest BCUT2D eigenvalue weighted by atomic mass is 10.1. The monoisotopic (exact) mass is 270 g/mol. The van der Waals surface area contributed by atoms with Gasteiger partial charge in [-0.1, -0.05) is 75.8 Å². The molecule has 108 valence electrons. The maximum absolute atomic E-state index is 4.48. The number of nitrogens with one attached hydrogen (secondary N) is 1. The van der Waals surface area contributed by atoms with Crippen LogP contribution in [0.1, 0.15) is 57.7 Å². The molecule has 0 radical (unpaired) electrons. The van der Waals surface area contributed by atoms with Crippen molar-refractivity contribution >= 4 is 0 Å². The second-order valence-corrected chi connectivity index (χ2v) is 5.48. The molecular formula is C18H26N2. The first-order valence-electron chi connectivity index (χ1n) is 7.99. The Balaban J connectivity index is 1.69. The van der Waals surface area contributed by atoms with E-state index in [2.05, 4.69) is 41.2 Å². The van der Waals surface area contributed by atoms with Gasteiger partial charge in [-0.2, -0.15) is 0 Å². The lowest BCUT2D eigenvalue weighted by Crippen LogP contribution is -1.89. The van der Waals surface area contributed by atoms with E-state index < -0.39 is 0 Å². The van der Waals surface area contributed by atoms with Gasteiger partial charge in [-0.3, -0.25) is 0 Å². The average molecular weight is 270 g/mol. The van der Waals surface area contributed by atoms with E-state index in [1.165, 1.54) is 50.5 Å².